The first-order valence-corrected chi connectivity index (χ1v) is 9.22. The molecule has 0 unspecified atom stereocenters. The molecule has 3 atom stereocenters. The van der Waals surface area contributed by atoms with Crippen LogP contribution in [0.4, 0.5) is 0 Å². The van der Waals surface area contributed by atoms with E-state index in [2.05, 4.69) is 10.2 Å². The number of fused-ring (bicyclic) bond motifs is 1. The summed E-state index contributed by atoms with van der Waals surface area (Å²) in [6.07, 6.45) is -4.76. The molecule has 0 aliphatic heterocycles. The SMILES string of the molecule is CC(=O)OC[C@@H](OC(C)=O)[C@@H](OC(C)=O)[C@@H](OC(C)=O)C(=O)c1n[nH]c2ccccc12. The highest BCUT2D eigenvalue weighted by molar-refractivity contribution is 6.08. The Morgan fingerprint density at radius 2 is 1.48 bits per heavy atom. The first kappa shape index (κ1) is 23.5. The third kappa shape index (κ3) is 6.36. The number of nitrogens with zero attached hydrogens (tertiary/aromatic N) is 1. The lowest BCUT2D eigenvalue weighted by Gasteiger charge is -2.30. The number of hydrogen-bond donors (Lipinski definition) is 1. The smallest absolute Gasteiger partial charge is 0.303 e. The number of esters is 4. The fourth-order valence-electron chi connectivity index (χ4n) is 2.87. The molecule has 0 saturated carbocycles. The molecule has 0 bridgehead atoms. The van der Waals surface area contributed by atoms with E-state index < -0.39 is 54.6 Å². The summed E-state index contributed by atoms with van der Waals surface area (Å²) in [6, 6.07) is 6.73. The number of rotatable bonds is 9. The van der Waals surface area contributed by atoms with Gasteiger partial charge in [-0.05, 0) is 6.07 Å². The topological polar surface area (TPSA) is 151 Å². The number of hydrogen-bond acceptors (Lipinski definition) is 10. The summed E-state index contributed by atoms with van der Waals surface area (Å²) in [5, 5.41) is 7.10. The van der Waals surface area contributed by atoms with E-state index in [4.69, 9.17) is 18.9 Å². The van der Waals surface area contributed by atoms with E-state index in [9.17, 15) is 24.0 Å². The summed E-state index contributed by atoms with van der Waals surface area (Å²) in [7, 11) is 0. The number of ketones is 1. The molecule has 0 amide bonds. The molecule has 1 heterocycles. The average molecular weight is 434 g/mol. The van der Waals surface area contributed by atoms with Crippen molar-refractivity contribution in [3.8, 4) is 0 Å². The minimum atomic E-state index is -1.73. The number of aromatic nitrogens is 2. The van der Waals surface area contributed by atoms with Crippen molar-refractivity contribution in [2.45, 2.75) is 46.0 Å². The van der Waals surface area contributed by atoms with Gasteiger partial charge in [0.2, 0.25) is 11.9 Å². The Hall–Kier alpha value is -3.76. The third-order valence-electron chi connectivity index (χ3n) is 3.99. The van der Waals surface area contributed by atoms with Gasteiger partial charge in [-0.1, -0.05) is 18.2 Å². The van der Waals surface area contributed by atoms with Crippen molar-refractivity contribution in [1.82, 2.24) is 10.2 Å². The minimum Gasteiger partial charge on any atom is -0.462 e. The summed E-state index contributed by atoms with van der Waals surface area (Å²) < 4.78 is 20.4. The largest absolute Gasteiger partial charge is 0.462 e. The average Bonchev–Trinajstić information content (AvgIpc) is 3.10. The van der Waals surface area contributed by atoms with Gasteiger partial charge in [-0.15, -0.1) is 0 Å². The van der Waals surface area contributed by atoms with Crippen LogP contribution in [0.15, 0.2) is 24.3 Å². The Labute approximate surface area is 177 Å². The zero-order valence-electron chi connectivity index (χ0n) is 17.4. The molecule has 11 nitrogen and oxygen atoms in total. The molecule has 1 aromatic carbocycles. The van der Waals surface area contributed by atoms with E-state index in [1.165, 1.54) is 0 Å². The van der Waals surface area contributed by atoms with Gasteiger partial charge in [-0.25, -0.2) is 0 Å². The van der Waals surface area contributed by atoms with E-state index in [1.807, 2.05) is 0 Å². The number of carbonyl (C=O) groups is 5. The zero-order valence-corrected chi connectivity index (χ0v) is 17.4. The summed E-state index contributed by atoms with van der Waals surface area (Å²) >= 11 is 0. The highest BCUT2D eigenvalue weighted by atomic mass is 16.6. The molecule has 1 aromatic heterocycles. The van der Waals surface area contributed by atoms with Gasteiger partial charge in [-0.2, -0.15) is 5.10 Å². The zero-order chi connectivity index (χ0) is 23.1. The van der Waals surface area contributed by atoms with Gasteiger partial charge in [0, 0.05) is 33.1 Å². The van der Waals surface area contributed by atoms with Crippen molar-refractivity contribution >= 4 is 40.6 Å². The Bertz CT molecular complexity index is 997. The second-order valence-electron chi connectivity index (χ2n) is 6.54. The van der Waals surface area contributed by atoms with Gasteiger partial charge in [0.25, 0.3) is 0 Å². The van der Waals surface area contributed by atoms with Crippen LogP contribution in [0.3, 0.4) is 0 Å². The second kappa shape index (κ2) is 10.3. The fraction of sp³-hybridized carbons (Fsp3) is 0.400. The number of benzene rings is 1. The van der Waals surface area contributed by atoms with Crippen LogP contribution < -0.4 is 0 Å². The molecular weight excluding hydrogens is 412 g/mol. The molecule has 0 spiro atoms. The van der Waals surface area contributed by atoms with Crippen molar-refractivity contribution in [3.63, 3.8) is 0 Å². The minimum absolute atomic E-state index is 0.0759. The molecule has 166 valence electrons. The van der Waals surface area contributed by atoms with Crippen LogP contribution in [-0.2, 0) is 38.1 Å². The number of nitrogens with one attached hydrogen (secondary N) is 1. The number of para-hydroxylation sites is 1. The quantitative estimate of drug-likeness (QED) is 0.345. The number of carbonyl (C=O) groups excluding carboxylic acids is 5. The summed E-state index contributed by atoms with van der Waals surface area (Å²) in [6.45, 7) is 3.77. The molecule has 0 saturated heterocycles. The molecule has 0 radical (unpaired) electrons. The summed E-state index contributed by atoms with van der Waals surface area (Å²) in [5.74, 6) is -4.01. The number of Topliss-reactive ketones (excluding diaryl/α,β-unsaturated/α-hetero) is 1. The van der Waals surface area contributed by atoms with E-state index >= 15 is 0 Å². The summed E-state index contributed by atoms with van der Waals surface area (Å²) in [5.41, 5.74) is 0.473. The van der Waals surface area contributed by atoms with E-state index in [0.717, 1.165) is 27.7 Å². The Kier molecular flexibility index (Phi) is 7.83. The number of H-pyrrole nitrogens is 1. The standard InChI is InChI=1S/C20H22N2O9/c1-10(23)28-9-16(29-11(2)24)19(30-12(3)25)20(31-13(4)26)18(27)17-14-7-5-6-8-15(14)21-22-17/h5-8,16,19-20H,9H2,1-4H3,(H,21,22)/t16-,19-,20+/m1/s1. The molecule has 0 aliphatic rings. The van der Waals surface area contributed by atoms with Crippen molar-refractivity contribution < 1.29 is 42.9 Å². The lowest BCUT2D eigenvalue weighted by atomic mass is 9.99. The van der Waals surface area contributed by atoms with Gasteiger partial charge in [0.15, 0.2) is 12.2 Å². The normalized spacial score (nSPS) is 13.5. The molecule has 2 aromatic rings. The van der Waals surface area contributed by atoms with Crippen LogP contribution in [-0.4, -0.2) is 64.8 Å². The monoisotopic (exact) mass is 434 g/mol. The van der Waals surface area contributed by atoms with Crippen molar-refractivity contribution in [2.75, 3.05) is 6.61 Å². The summed E-state index contributed by atoms with van der Waals surface area (Å²) in [4.78, 5) is 59.7. The molecule has 1 N–H and O–H groups in total. The van der Waals surface area contributed by atoms with Crippen LogP contribution in [0.2, 0.25) is 0 Å². The second-order valence-corrected chi connectivity index (χ2v) is 6.54. The van der Waals surface area contributed by atoms with Gasteiger partial charge in [0.05, 0.1) is 5.52 Å². The van der Waals surface area contributed by atoms with Gasteiger partial charge in [-0.3, -0.25) is 29.1 Å². The lowest BCUT2D eigenvalue weighted by Crippen LogP contribution is -2.50. The number of aromatic amines is 1. The third-order valence-corrected chi connectivity index (χ3v) is 3.99. The predicted octanol–water partition coefficient (Wildman–Crippen LogP) is 1.10. The molecule has 2 rings (SSSR count). The first-order valence-electron chi connectivity index (χ1n) is 9.22. The predicted molar refractivity (Wildman–Crippen MR) is 104 cm³/mol. The van der Waals surface area contributed by atoms with Crippen molar-refractivity contribution in [3.05, 3.63) is 30.0 Å². The fourth-order valence-corrected chi connectivity index (χ4v) is 2.87. The highest BCUT2D eigenvalue weighted by Gasteiger charge is 2.43. The van der Waals surface area contributed by atoms with Gasteiger partial charge >= 0.3 is 23.9 Å². The van der Waals surface area contributed by atoms with E-state index in [1.54, 1.807) is 24.3 Å². The molecule has 11 heteroatoms. The van der Waals surface area contributed by atoms with E-state index in [0.29, 0.717) is 10.9 Å². The lowest BCUT2D eigenvalue weighted by molar-refractivity contribution is -0.185. The maximum atomic E-state index is 13.3. The van der Waals surface area contributed by atoms with E-state index in [-0.39, 0.29) is 5.69 Å². The molecule has 0 aliphatic carbocycles. The van der Waals surface area contributed by atoms with Crippen LogP contribution in [0.25, 0.3) is 10.9 Å². The maximum absolute atomic E-state index is 13.3. The highest BCUT2D eigenvalue weighted by Crippen LogP contribution is 2.22. The maximum Gasteiger partial charge on any atom is 0.303 e. The Morgan fingerprint density at radius 1 is 0.871 bits per heavy atom. The number of ether oxygens (including phenoxy) is 4. The van der Waals surface area contributed by atoms with Crippen LogP contribution >= 0.6 is 0 Å². The molecular formula is C20H22N2O9. The Morgan fingerprint density at radius 3 is 2.06 bits per heavy atom. The van der Waals surface area contributed by atoms with Crippen LogP contribution in [0.5, 0.6) is 0 Å². The Balaban J connectivity index is 2.52. The van der Waals surface area contributed by atoms with Gasteiger partial charge in [0.1, 0.15) is 12.3 Å². The van der Waals surface area contributed by atoms with Crippen LogP contribution in [0, 0.1) is 0 Å². The molecule has 0 fully saturated rings. The van der Waals surface area contributed by atoms with Crippen molar-refractivity contribution in [1.29, 1.82) is 0 Å². The van der Waals surface area contributed by atoms with Crippen molar-refractivity contribution in [2.24, 2.45) is 0 Å². The molecule has 31 heavy (non-hydrogen) atoms. The first-order chi connectivity index (χ1) is 14.6. The van der Waals surface area contributed by atoms with Gasteiger partial charge < -0.3 is 18.9 Å². The van der Waals surface area contributed by atoms with Crippen LogP contribution in [0.1, 0.15) is 38.2 Å².